The summed E-state index contributed by atoms with van der Waals surface area (Å²) in [6, 6.07) is 10.1. The normalized spacial score (nSPS) is 15.5. The van der Waals surface area contributed by atoms with Crippen molar-refractivity contribution in [3.05, 3.63) is 53.9 Å². The van der Waals surface area contributed by atoms with Crippen LogP contribution in [0.3, 0.4) is 0 Å². The van der Waals surface area contributed by atoms with Gasteiger partial charge in [0.2, 0.25) is 5.91 Å². The number of unbranched alkanes of at least 4 members (excludes halogenated alkanes) is 1. The van der Waals surface area contributed by atoms with Crippen molar-refractivity contribution in [2.45, 2.75) is 32.4 Å². The van der Waals surface area contributed by atoms with Gasteiger partial charge in [-0.3, -0.25) is 19.5 Å². The van der Waals surface area contributed by atoms with Crippen molar-refractivity contribution in [3.8, 4) is 0 Å². The van der Waals surface area contributed by atoms with Gasteiger partial charge in [0.1, 0.15) is 6.04 Å². The largest absolute Gasteiger partial charge is 0.338 e. The van der Waals surface area contributed by atoms with E-state index in [2.05, 4.69) is 10.2 Å². The van der Waals surface area contributed by atoms with Gasteiger partial charge in [-0.05, 0) is 18.1 Å². The third kappa shape index (κ3) is 4.64. The zero-order chi connectivity index (χ0) is 20.8. The van der Waals surface area contributed by atoms with Crippen LogP contribution in [-0.2, 0) is 20.9 Å². The van der Waals surface area contributed by atoms with Crippen LogP contribution in [0.2, 0.25) is 0 Å². The van der Waals surface area contributed by atoms with Crippen molar-refractivity contribution < 1.29 is 14.4 Å². The van der Waals surface area contributed by atoms with E-state index in [0.29, 0.717) is 31.7 Å². The van der Waals surface area contributed by atoms with Crippen molar-refractivity contribution in [3.63, 3.8) is 0 Å². The standard InChI is InChI=1S/C21H27N5O3/c1-3-4-12-25-13-14-26(21(29)20(25)28)18(16-8-6-5-7-9-16)19(27)24(2)15-17-10-11-22-23-17/h5-11,18H,3-4,12-15H2,1-2H3,(H,22,23). The molecule has 1 saturated heterocycles. The number of hydrogen-bond acceptors (Lipinski definition) is 4. The molecular weight excluding hydrogens is 370 g/mol. The molecule has 1 atom stereocenters. The minimum atomic E-state index is -0.839. The Kier molecular flexibility index (Phi) is 6.64. The first-order valence-corrected chi connectivity index (χ1v) is 9.91. The fraction of sp³-hybridized carbons (Fsp3) is 0.429. The lowest BCUT2D eigenvalue weighted by Gasteiger charge is -2.39. The summed E-state index contributed by atoms with van der Waals surface area (Å²) in [6.45, 7) is 3.71. The van der Waals surface area contributed by atoms with Gasteiger partial charge in [-0.2, -0.15) is 5.10 Å². The Balaban J connectivity index is 1.83. The molecule has 0 saturated carbocycles. The first-order valence-electron chi connectivity index (χ1n) is 9.91. The van der Waals surface area contributed by atoms with E-state index in [1.54, 1.807) is 29.1 Å². The number of carbonyl (C=O) groups is 3. The monoisotopic (exact) mass is 397 g/mol. The predicted octanol–water partition coefficient (Wildman–Crippen LogP) is 1.58. The molecule has 29 heavy (non-hydrogen) atoms. The molecule has 0 bridgehead atoms. The molecule has 1 aliphatic rings. The van der Waals surface area contributed by atoms with Crippen molar-refractivity contribution in [2.24, 2.45) is 0 Å². The highest BCUT2D eigenvalue weighted by molar-refractivity contribution is 6.35. The van der Waals surface area contributed by atoms with E-state index in [0.717, 1.165) is 18.5 Å². The first kappa shape index (κ1) is 20.6. The van der Waals surface area contributed by atoms with E-state index in [4.69, 9.17) is 0 Å². The molecular formula is C21H27N5O3. The summed E-state index contributed by atoms with van der Waals surface area (Å²) < 4.78 is 0. The summed E-state index contributed by atoms with van der Waals surface area (Å²) in [5, 5.41) is 6.74. The maximum Gasteiger partial charge on any atom is 0.313 e. The number of rotatable bonds is 8. The van der Waals surface area contributed by atoms with Crippen LogP contribution in [0, 0.1) is 0 Å². The first-order chi connectivity index (χ1) is 14.0. The number of hydrogen-bond donors (Lipinski definition) is 1. The molecule has 0 spiro atoms. The molecule has 0 radical (unpaired) electrons. The number of benzene rings is 1. The van der Waals surface area contributed by atoms with Crippen molar-refractivity contribution in [2.75, 3.05) is 26.7 Å². The second kappa shape index (κ2) is 9.36. The highest BCUT2D eigenvalue weighted by Gasteiger charge is 2.40. The van der Waals surface area contributed by atoms with E-state index in [1.165, 1.54) is 4.90 Å². The van der Waals surface area contributed by atoms with Crippen LogP contribution in [0.25, 0.3) is 0 Å². The molecule has 2 aromatic rings. The topological polar surface area (TPSA) is 89.6 Å². The fourth-order valence-electron chi connectivity index (χ4n) is 3.50. The smallest absolute Gasteiger partial charge is 0.313 e. The van der Waals surface area contributed by atoms with E-state index in [1.807, 2.05) is 37.3 Å². The van der Waals surface area contributed by atoms with Gasteiger partial charge in [0, 0.05) is 32.9 Å². The minimum Gasteiger partial charge on any atom is -0.338 e. The van der Waals surface area contributed by atoms with Crippen molar-refractivity contribution >= 4 is 17.7 Å². The number of aromatic nitrogens is 2. The zero-order valence-electron chi connectivity index (χ0n) is 16.9. The minimum absolute atomic E-state index is 0.242. The summed E-state index contributed by atoms with van der Waals surface area (Å²) in [4.78, 5) is 43.4. The second-order valence-corrected chi connectivity index (χ2v) is 7.23. The second-order valence-electron chi connectivity index (χ2n) is 7.23. The quantitative estimate of drug-likeness (QED) is 0.685. The lowest BCUT2D eigenvalue weighted by molar-refractivity contribution is -0.161. The molecule has 2 heterocycles. The SMILES string of the molecule is CCCCN1CCN(C(C(=O)N(C)Cc2ccn[nH]2)c2ccccc2)C(=O)C1=O. The number of piperazine rings is 1. The van der Waals surface area contributed by atoms with Gasteiger partial charge in [-0.1, -0.05) is 43.7 Å². The van der Waals surface area contributed by atoms with E-state index in [9.17, 15) is 14.4 Å². The summed E-state index contributed by atoms with van der Waals surface area (Å²) >= 11 is 0. The molecule has 3 amide bonds. The Morgan fingerprint density at radius 3 is 2.59 bits per heavy atom. The van der Waals surface area contributed by atoms with Gasteiger partial charge in [0.15, 0.2) is 0 Å². The van der Waals surface area contributed by atoms with Crippen LogP contribution < -0.4 is 0 Å². The average molecular weight is 397 g/mol. The molecule has 154 valence electrons. The Labute approximate surface area is 170 Å². The summed E-state index contributed by atoms with van der Waals surface area (Å²) in [7, 11) is 1.68. The van der Waals surface area contributed by atoms with Crippen LogP contribution in [0.4, 0.5) is 0 Å². The number of carbonyl (C=O) groups excluding carboxylic acids is 3. The van der Waals surface area contributed by atoms with Gasteiger partial charge >= 0.3 is 11.8 Å². The Morgan fingerprint density at radius 2 is 1.93 bits per heavy atom. The molecule has 8 nitrogen and oxygen atoms in total. The van der Waals surface area contributed by atoms with E-state index >= 15 is 0 Å². The molecule has 1 aromatic carbocycles. The van der Waals surface area contributed by atoms with Crippen molar-refractivity contribution in [1.29, 1.82) is 0 Å². The highest BCUT2D eigenvalue weighted by atomic mass is 16.2. The maximum atomic E-state index is 13.3. The molecule has 8 heteroatoms. The Bertz CT molecular complexity index is 837. The summed E-state index contributed by atoms with van der Waals surface area (Å²) in [5.74, 6) is -1.40. The van der Waals surface area contributed by atoms with Gasteiger partial charge in [-0.25, -0.2) is 0 Å². The van der Waals surface area contributed by atoms with Gasteiger partial charge in [0.25, 0.3) is 0 Å². The van der Waals surface area contributed by atoms with Crippen molar-refractivity contribution in [1.82, 2.24) is 24.9 Å². The molecule has 1 aliphatic heterocycles. The molecule has 3 rings (SSSR count). The number of H-pyrrole nitrogens is 1. The van der Waals surface area contributed by atoms with E-state index in [-0.39, 0.29) is 5.91 Å². The lowest BCUT2D eigenvalue weighted by Crippen LogP contribution is -2.57. The summed E-state index contributed by atoms with van der Waals surface area (Å²) in [5.41, 5.74) is 1.48. The fourth-order valence-corrected chi connectivity index (χ4v) is 3.50. The zero-order valence-corrected chi connectivity index (χ0v) is 16.9. The average Bonchev–Trinajstić information content (AvgIpc) is 3.24. The molecule has 1 N–H and O–H groups in total. The Hall–Kier alpha value is -3.16. The molecule has 1 unspecified atom stereocenters. The van der Waals surface area contributed by atoms with Crippen LogP contribution >= 0.6 is 0 Å². The third-order valence-electron chi connectivity index (χ3n) is 5.13. The number of amides is 3. The Morgan fingerprint density at radius 1 is 1.17 bits per heavy atom. The maximum absolute atomic E-state index is 13.3. The van der Waals surface area contributed by atoms with Crippen LogP contribution in [0.1, 0.15) is 37.1 Å². The van der Waals surface area contributed by atoms with Gasteiger partial charge < -0.3 is 14.7 Å². The third-order valence-corrected chi connectivity index (χ3v) is 5.13. The van der Waals surface area contributed by atoms with Crippen LogP contribution in [-0.4, -0.2) is 69.3 Å². The van der Waals surface area contributed by atoms with Crippen LogP contribution in [0.5, 0.6) is 0 Å². The molecule has 1 fully saturated rings. The number of nitrogens with zero attached hydrogens (tertiary/aromatic N) is 4. The number of aromatic amines is 1. The van der Waals surface area contributed by atoms with Gasteiger partial charge in [-0.15, -0.1) is 0 Å². The highest BCUT2D eigenvalue weighted by Crippen LogP contribution is 2.26. The van der Waals surface area contributed by atoms with Crippen LogP contribution in [0.15, 0.2) is 42.6 Å². The molecule has 1 aromatic heterocycles. The number of nitrogens with one attached hydrogen (secondary N) is 1. The summed E-state index contributed by atoms with van der Waals surface area (Å²) in [6.07, 6.45) is 3.43. The number of likely N-dealkylation sites (N-methyl/N-ethyl adjacent to an activating group) is 1. The predicted molar refractivity (Wildman–Crippen MR) is 107 cm³/mol. The van der Waals surface area contributed by atoms with E-state index < -0.39 is 17.9 Å². The lowest BCUT2D eigenvalue weighted by atomic mass is 10.0. The molecule has 0 aliphatic carbocycles. The van der Waals surface area contributed by atoms with Gasteiger partial charge in [0.05, 0.1) is 12.2 Å².